The van der Waals surface area contributed by atoms with Crippen LogP contribution in [-0.4, -0.2) is 29.1 Å². The lowest BCUT2D eigenvalue weighted by Gasteiger charge is -2.40. The molecular weight excluding hydrogens is 264 g/mol. The minimum Gasteiger partial charge on any atom is -0.481 e. The second-order valence-electron chi connectivity index (χ2n) is 5.92. The molecule has 0 bridgehead atoms. The number of carboxylic acids is 1. The zero-order valence-electron chi connectivity index (χ0n) is 12.5. The van der Waals surface area contributed by atoms with E-state index in [1.807, 2.05) is 31.2 Å². The first-order chi connectivity index (χ1) is 10.1. The van der Waals surface area contributed by atoms with Crippen molar-refractivity contribution in [2.45, 2.75) is 39.2 Å². The maximum absolute atomic E-state index is 11.7. The first kappa shape index (κ1) is 15.5. The Balaban J connectivity index is 2.14. The highest BCUT2D eigenvalue weighted by Crippen LogP contribution is 2.35. The van der Waals surface area contributed by atoms with Crippen molar-refractivity contribution >= 4 is 5.97 Å². The van der Waals surface area contributed by atoms with Crippen LogP contribution in [0.15, 0.2) is 24.3 Å². The largest absolute Gasteiger partial charge is 0.481 e. The van der Waals surface area contributed by atoms with Crippen molar-refractivity contribution in [3.8, 4) is 6.07 Å². The lowest BCUT2D eigenvalue weighted by molar-refractivity contribution is -0.153. The summed E-state index contributed by atoms with van der Waals surface area (Å²) in [4.78, 5) is 13.9. The van der Waals surface area contributed by atoms with Crippen LogP contribution in [-0.2, 0) is 11.3 Å². The molecule has 0 aliphatic carbocycles. The van der Waals surface area contributed by atoms with Crippen LogP contribution in [0.4, 0.5) is 0 Å². The average molecular weight is 286 g/mol. The van der Waals surface area contributed by atoms with Crippen LogP contribution in [0.25, 0.3) is 0 Å². The Morgan fingerprint density at radius 3 is 2.90 bits per heavy atom. The van der Waals surface area contributed by atoms with E-state index in [-0.39, 0.29) is 0 Å². The minimum absolute atomic E-state index is 0.579. The Labute approximate surface area is 126 Å². The van der Waals surface area contributed by atoms with E-state index in [1.165, 1.54) is 0 Å². The molecule has 1 heterocycles. The van der Waals surface area contributed by atoms with E-state index < -0.39 is 11.4 Å². The van der Waals surface area contributed by atoms with E-state index in [9.17, 15) is 9.90 Å². The summed E-state index contributed by atoms with van der Waals surface area (Å²) >= 11 is 0. The van der Waals surface area contributed by atoms with Gasteiger partial charge in [0.2, 0.25) is 0 Å². The van der Waals surface area contributed by atoms with Crippen molar-refractivity contribution in [1.29, 1.82) is 5.26 Å². The van der Waals surface area contributed by atoms with Crippen LogP contribution in [0.3, 0.4) is 0 Å². The van der Waals surface area contributed by atoms with Crippen molar-refractivity contribution in [1.82, 2.24) is 4.90 Å². The highest BCUT2D eigenvalue weighted by atomic mass is 16.4. The van der Waals surface area contributed by atoms with E-state index >= 15 is 0 Å². The normalized spacial score (nSPS) is 22.7. The van der Waals surface area contributed by atoms with Gasteiger partial charge in [-0.1, -0.05) is 31.5 Å². The van der Waals surface area contributed by atoms with Crippen molar-refractivity contribution in [2.75, 3.05) is 13.1 Å². The molecule has 1 aromatic rings. The predicted octanol–water partition coefficient (Wildman–Crippen LogP) is 3.03. The molecule has 0 saturated carbocycles. The van der Waals surface area contributed by atoms with Gasteiger partial charge in [-0.05, 0) is 37.4 Å². The van der Waals surface area contributed by atoms with E-state index in [1.54, 1.807) is 0 Å². The Kier molecular flexibility index (Phi) is 4.98. The zero-order chi connectivity index (χ0) is 15.3. The molecule has 0 amide bonds. The summed E-state index contributed by atoms with van der Waals surface area (Å²) in [7, 11) is 0. The Bertz CT molecular complexity index is 546. The second kappa shape index (κ2) is 6.73. The summed E-state index contributed by atoms with van der Waals surface area (Å²) in [6.45, 7) is 4.17. The van der Waals surface area contributed by atoms with E-state index in [0.29, 0.717) is 18.7 Å². The predicted molar refractivity (Wildman–Crippen MR) is 80.6 cm³/mol. The van der Waals surface area contributed by atoms with Gasteiger partial charge < -0.3 is 5.11 Å². The molecule has 1 fully saturated rings. The van der Waals surface area contributed by atoms with Crippen LogP contribution in [0, 0.1) is 16.7 Å². The van der Waals surface area contributed by atoms with Crippen LogP contribution >= 0.6 is 0 Å². The van der Waals surface area contributed by atoms with Crippen LogP contribution in [0.5, 0.6) is 0 Å². The molecule has 4 heteroatoms. The molecule has 0 radical (unpaired) electrons. The van der Waals surface area contributed by atoms with Gasteiger partial charge in [0.1, 0.15) is 0 Å². The number of likely N-dealkylation sites (tertiary alicyclic amines) is 1. The first-order valence-corrected chi connectivity index (χ1v) is 7.55. The number of carboxylic acid groups (broad SMARTS) is 1. The molecule has 1 aromatic carbocycles. The molecule has 0 spiro atoms. The number of nitriles is 1. The average Bonchev–Trinajstić information content (AvgIpc) is 2.48. The van der Waals surface area contributed by atoms with Gasteiger partial charge in [0.15, 0.2) is 0 Å². The summed E-state index contributed by atoms with van der Waals surface area (Å²) in [5, 5.41) is 18.8. The highest BCUT2D eigenvalue weighted by Gasteiger charge is 2.41. The van der Waals surface area contributed by atoms with E-state index in [0.717, 1.165) is 37.8 Å². The topological polar surface area (TPSA) is 64.3 Å². The van der Waals surface area contributed by atoms with Crippen molar-refractivity contribution in [3.63, 3.8) is 0 Å². The molecule has 0 unspecified atom stereocenters. The molecule has 112 valence electrons. The fourth-order valence-corrected chi connectivity index (χ4v) is 3.33. The van der Waals surface area contributed by atoms with E-state index in [2.05, 4.69) is 11.0 Å². The minimum atomic E-state index is -0.678. The third-order valence-corrected chi connectivity index (χ3v) is 4.37. The Hall–Kier alpha value is -1.86. The van der Waals surface area contributed by atoms with Gasteiger partial charge >= 0.3 is 5.97 Å². The molecule has 1 atom stereocenters. The lowest BCUT2D eigenvalue weighted by Crippen LogP contribution is -2.47. The maximum atomic E-state index is 11.7. The summed E-state index contributed by atoms with van der Waals surface area (Å²) in [6, 6.07) is 9.77. The van der Waals surface area contributed by atoms with Gasteiger partial charge in [0.05, 0.1) is 17.0 Å². The lowest BCUT2D eigenvalue weighted by atomic mass is 9.76. The van der Waals surface area contributed by atoms with Gasteiger partial charge in [-0.25, -0.2) is 0 Å². The number of nitrogens with zero attached hydrogens (tertiary/aromatic N) is 2. The molecule has 1 aliphatic heterocycles. The summed E-state index contributed by atoms with van der Waals surface area (Å²) in [5.41, 5.74) is 1.05. The van der Waals surface area contributed by atoms with Crippen LogP contribution in [0.1, 0.15) is 43.7 Å². The van der Waals surface area contributed by atoms with Gasteiger partial charge in [-0.15, -0.1) is 0 Å². The maximum Gasteiger partial charge on any atom is 0.310 e. The highest BCUT2D eigenvalue weighted by molar-refractivity contribution is 5.75. The van der Waals surface area contributed by atoms with Crippen LogP contribution < -0.4 is 0 Å². The van der Waals surface area contributed by atoms with Gasteiger partial charge in [0.25, 0.3) is 0 Å². The Morgan fingerprint density at radius 2 is 2.24 bits per heavy atom. The summed E-state index contributed by atoms with van der Waals surface area (Å²) < 4.78 is 0. The summed E-state index contributed by atoms with van der Waals surface area (Å²) in [5.74, 6) is -0.678. The number of hydrogen-bond donors (Lipinski definition) is 1. The number of carbonyl (C=O) groups is 1. The van der Waals surface area contributed by atoms with Gasteiger partial charge in [0, 0.05) is 13.1 Å². The van der Waals surface area contributed by atoms with Crippen molar-refractivity contribution in [2.24, 2.45) is 5.41 Å². The van der Waals surface area contributed by atoms with Crippen molar-refractivity contribution < 1.29 is 9.90 Å². The molecular formula is C17H22N2O2. The van der Waals surface area contributed by atoms with Crippen LogP contribution in [0.2, 0.25) is 0 Å². The van der Waals surface area contributed by atoms with E-state index in [4.69, 9.17) is 5.26 Å². The number of piperidine rings is 1. The molecule has 21 heavy (non-hydrogen) atoms. The fraction of sp³-hybridized carbons (Fsp3) is 0.529. The fourth-order valence-electron chi connectivity index (χ4n) is 3.33. The summed E-state index contributed by atoms with van der Waals surface area (Å²) in [6.07, 6.45) is 3.27. The standard InChI is InChI=1S/C17H22N2O2/c1-2-8-17(16(20)21)9-5-10-19(13-17)12-15-7-4-3-6-14(15)11-18/h3-4,6-7H,2,5,8-10,12-13H2,1H3,(H,20,21)/t17-/m0/s1. The number of rotatable bonds is 5. The van der Waals surface area contributed by atoms with Gasteiger partial charge in [-0.2, -0.15) is 5.26 Å². The quantitative estimate of drug-likeness (QED) is 0.903. The van der Waals surface area contributed by atoms with Gasteiger partial charge in [-0.3, -0.25) is 9.69 Å². The molecule has 1 aliphatic rings. The number of hydrogen-bond acceptors (Lipinski definition) is 3. The Morgan fingerprint density at radius 1 is 1.48 bits per heavy atom. The molecule has 4 nitrogen and oxygen atoms in total. The molecule has 0 aromatic heterocycles. The SMILES string of the molecule is CCC[C@]1(C(=O)O)CCCN(Cc2ccccc2C#N)C1. The molecule has 1 saturated heterocycles. The smallest absolute Gasteiger partial charge is 0.310 e. The number of benzene rings is 1. The molecule has 1 N–H and O–H groups in total. The van der Waals surface area contributed by atoms with Crippen molar-refractivity contribution in [3.05, 3.63) is 35.4 Å². The second-order valence-corrected chi connectivity index (χ2v) is 5.92. The zero-order valence-corrected chi connectivity index (χ0v) is 12.5. The number of aliphatic carboxylic acids is 1. The third kappa shape index (κ3) is 3.43. The monoisotopic (exact) mass is 286 g/mol. The first-order valence-electron chi connectivity index (χ1n) is 7.55. The third-order valence-electron chi connectivity index (χ3n) is 4.37. The molecule has 2 rings (SSSR count).